The molecule has 0 aliphatic heterocycles. The third kappa shape index (κ3) is 2.51. The molecule has 7 heteroatoms. The minimum absolute atomic E-state index is 0.108. The third-order valence-corrected chi connectivity index (χ3v) is 2.10. The van der Waals surface area contributed by atoms with Gasteiger partial charge < -0.3 is 10.5 Å². The maximum absolute atomic E-state index is 13.3. The first kappa shape index (κ1) is 11.8. The van der Waals surface area contributed by atoms with E-state index >= 15 is 0 Å². The Kier molecular flexibility index (Phi) is 3.05. The number of nitro groups is 1. The molecule has 0 saturated carbocycles. The predicted octanol–water partition coefficient (Wildman–Crippen LogP) is 2.50. The summed E-state index contributed by atoms with van der Waals surface area (Å²) in [5.41, 5.74) is 5.36. The number of nitrogen functional groups attached to an aromatic ring is 1. The van der Waals surface area contributed by atoms with E-state index in [4.69, 9.17) is 10.5 Å². The van der Waals surface area contributed by atoms with Crippen LogP contribution in [0.2, 0.25) is 0 Å². The second kappa shape index (κ2) is 4.66. The Morgan fingerprint density at radius 3 is 2.72 bits per heavy atom. The minimum Gasteiger partial charge on any atom is -0.439 e. The molecule has 2 aromatic rings. The Balaban J connectivity index is 2.25. The van der Waals surface area contributed by atoms with Gasteiger partial charge in [0.15, 0.2) is 0 Å². The number of hydrogen-bond acceptors (Lipinski definition) is 5. The van der Waals surface area contributed by atoms with Gasteiger partial charge in [0, 0.05) is 30.1 Å². The zero-order chi connectivity index (χ0) is 13.1. The van der Waals surface area contributed by atoms with Gasteiger partial charge in [-0.15, -0.1) is 0 Å². The first-order chi connectivity index (χ1) is 8.56. The number of nitrogens with zero attached hydrogens (tertiary/aromatic N) is 2. The SMILES string of the molecule is Nc1ccnc(Oc2ccc([N+](=O)[O-])c(F)c2)c1. The summed E-state index contributed by atoms with van der Waals surface area (Å²) in [6, 6.07) is 6.26. The van der Waals surface area contributed by atoms with Crippen molar-refractivity contribution in [3.05, 3.63) is 52.5 Å². The molecule has 1 aromatic carbocycles. The molecule has 0 aliphatic carbocycles. The van der Waals surface area contributed by atoms with E-state index in [0.717, 1.165) is 12.1 Å². The highest BCUT2D eigenvalue weighted by atomic mass is 19.1. The van der Waals surface area contributed by atoms with Crippen LogP contribution in [0.25, 0.3) is 0 Å². The number of halogens is 1. The summed E-state index contributed by atoms with van der Waals surface area (Å²) in [7, 11) is 0. The summed E-state index contributed by atoms with van der Waals surface area (Å²) in [5, 5.41) is 10.4. The van der Waals surface area contributed by atoms with Crippen LogP contribution in [0.15, 0.2) is 36.5 Å². The second-order valence-electron chi connectivity index (χ2n) is 3.40. The normalized spacial score (nSPS) is 10.1. The van der Waals surface area contributed by atoms with Crippen LogP contribution in [0.1, 0.15) is 0 Å². The highest BCUT2D eigenvalue weighted by Gasteiger charge is 2.14. The largest absolute Gasteiger partial charge is 0.439 e. The molecule has 1 aromatic heterocycles. The minimum atomic E-state index is -0.971. The number of benzene rings is 1. The highest BCUT2D eigenvalue weighted by Crippen LogP contribution is 2.26. The van der Waals surface area contributed by atoms with E-state index in [1.54, 1.807) is 6.07 Å². The van der Waals surface area contributed by atoms with Crippen molar-refractivity contribution in [3.63, 3.8) is 0 Å². The van der Waals surface area contributed by atoms with Crippen LogP contribution in [0.5, 0.6) is 11.6 Å². The summed E-state index contributed by atoms with van der Waals surface area (Å²) in [6.45, 7) is 0. The lowest BCUT2D eigenvalue weighted by Gasteiger charge is -2.05. The number of ether oxygens (including phenoxy) is 1. The summed E-state index contributed by atoms with van der Waals surface area (Å²) in [4.78, 5) is 13.5. The molecular weight excluding hydrogens is 241 g/mol. The van der Waals surface area contributed by atoms with Gasteiger partial charge in [-0.2, -0.15) is 4.39 Å². The van der Waals surface area contributed by atoms with Crippen molar-refractivity contribution in [2.24, 2.45) is 0 Å². The van der Waals surface area contributed by atoms with Gasteiger partial charge in [-0.3, -0.25) is 10.1 Å². The van der Waals surface area contributed by atoms with Gasteiger partial charge in [-0.1, -0.05) is 0 Å². The van der Waals surface area contributed by atoms with E-state index in [1.165, 1.54) is 18.3 Å². The number of nitro benzene ring substituents is 1. The van der Waals surface area contributed by atoms with Gasteiger partial charge >= 0.3 is 5.69 Å². The van der Waals surface area contributed by atoms with Gasteiger partial charge in [-0.25, -0.2) is 4.98 Å². The zero-order valence-corrected chi connectivity index (χ0v) is 9.04. The van der Waals surface area contributed by atoms with E-state index in [9.17, 15) is 14.5 Å². The molecule has 6 nitrogen and oxygen atoms in total. The van der Waals surface area contributed by atoms with Crippen LogP contribution in [-0.2, 0) is 0 Å². The van der Waals surface area contributed by atoms with Crippen LogP contribution in [0, 0.1) is 15.9 Å². The van der Waals surface area contributed by atoms with Crippen molar-refractivity contribution in [1.29, 1.82) is 0 Å². The Hall–Kier alpha value is -2.70. The lowest BCUT2D eigenvalue weighted by molar-refractivity contribution is -0.387. The summed E-state index contributed by atoms with van der Waals surface area (Å²) >= 11 is 0. The summed E-state index contributed by atoms with van der Waals surface area (Å²) in [5.74, 6) is -0.680. The van der Waals surface area contributed by atoms with Crippen LogP contribution >= 0.6 is 0 Å². The third-order valence-electron chi connectivity index (χ3n) is 2.10. The topological polar surface area (TPSA) is 91.3 Å². The van der Waals surface area contributed by atoms with Gasteiger partial charge in [0.2, 0.25) is 11.7 Å². The number of anilines is 1. The fourth-order valence-electron chi connectivity index (χ4n) is 1.30. The molecular formula is C11H8FN3O3. The average molecular weight is 249 g/mol. The quantitative estimate of drug-likeness (QED) is 0.666. The van der Waals surface area contributed by atoms with Gasteiger partial charge in [-0.05, 0) is 12.1 Å². The van der Waals surface area contributed by atoms with E-state index in [1.807, 2.05) is 0 Å². The summed E-state index contributed by atoms with van der Waals surface area (Å²) < 4.78 is 18.5. The number of rotatable bonds is 3. The van der Waals surface area contributed by atoms with Crippen molar-refractivity contribution in [1.82, 2.24) is 4.98 Å². The average Bonchev–Trinajstić information content (AvgIpc) is 2.28. The first-order valence-electron chi connectivity index (χ1n) is 4.89. The molecule has 92 valence electrons. The molecule has 0 saturated heterocycles. The Bertz CT molecular complexity index is 604. The van der Waals surface area contributed by atoms with Crippen LogP contribution < -0.4 is 10.5 Å². The number of pyridine rings is 1. The standard InChI is InChI=1S/C11H8FN3O3/c12-9-6-8(1-2-10(9)15(16)17)18-11-5-7(13)3-4-14-11/h1-6H,(H2,13,14). The highest BCUT2D eigenvalue weighted by molar-refractivity contribution is 5.43. The maximum Gasteiger partial charge on any atom is 0.305 e. The Morgan fingerprint density at radius 1 is 1.33 bits per heavy atom. The molecule has 0 radical (unpaired) electrons. The van der Waals surface area contributed by atoms with Gasteiger partial charge in [0.05, 0.1) is 4.92 Å². The first-order valence-corrected chi connectivity index (χ1v) is 4.89. The van der Waals surface area contributed by atoms with E-state index in [2.05, 4.69) is 4.98 Å². The molecule has 2 rings (SSSR count). The molecule has 2 N–H and O–H groups in total. The summed E-state index contributed by atoms with van der Waals surface area (Å²) in [6.07, 6.45) is 1.44. The molecule has 0 spiro atoms. The molecule has 1 heterocycles. The van der Waals surface area contributed by atoms with Crippen molar-refractivity contribution < 1.29 is 14.1 Å². The molecule has 0 bridgehead atoms. The zero-order valence-electron chi connectivity index (χ0n) is 9.04. The van der Waals surface area contributed by atoms with Gasteiger partial charge in [0.1, 0.15) is 5.75 Å². The molecule has 0 aliphatic rings. The number of hydrogen-bond donors (Lipinski definition) is 1. The fourth-order valence-corrected chi connectivity index (χ4v) is 1.30. The molecule has 0 fully saturated rings. The van der Waals surface area contributed by atoms with E-state index in [0.29, 0.717) is 5.69 Å². The van der Waals surface area contributed by atoms with Gasteiger partial charge in [0.25, 0.3) is 0 Å². The monoisotopic (exact) mass is 249 g/mol. The Morgan fingerprint density at radius 2 is 2.11 bits per heavy atom. The van der Waals surface area contributed by atoms with Crippen molar-refractivity contribution >= 4 is 11.4 Å². The molecule has 0 atom stereocenters. The number of nitrogens with two attached hydrogens (primary N) is 1. The smallest absolute Gasteiger partial charge is 0.305 e. The number of aromatic nitrogens is 1. The van der Waals surface area contributed by atoms with Crippen LogP contribution in [0.3, 0.4) is 0 Å². The van der Waals surface area contributed by atoms with E-state index in [-0.39, 0.29) is 11.6 Å². The lowest BCUT2D eigenvalue weighted by atomic mass is 10.3. The second-order valence-corrected chi connectivity index (χ2v) is 3.40. The van der Waals surface area contributed by atoms with Crippen LogP contribution in [-0.4, -0.2) is 9.91 Å². The molecule has 0 unspecified atom stereocenters. The lowest BCUT2D eigenvalue weighted by Crippen LogP contribution is -1.94. The molecule has 18 heavy (non-hydrogen) atoms. The van der Waals surface area contributed by atoms with Crippen molar-refractivity contribution in [2.45, 2.75) is 0 Å². The van der Waals surface area contributed by atoms with E-state index < -0.39 is 16.4 Å². The molecule has 0 amide bonds. The fraction of sp³-hybridized carbons (Fsp3) is 0. The van der Waals surface area contributed by atoms with Crippen molar-refractivity contribution in [2.75, 3.05) is 5.73 Å². The van der Waals surface area contributed by atoms with Crippen LogP contribution in [0.4, 0.5) is 15.8 Å². The maximum atomic E-state index is 13.3. The van der Waals surface area contributed by atoms with Crippen molar-refractivity contribution in [3.8, 4) is 11.6 Å². The Labute approximate surface area is 101 Å². The predicted molar refractivity (Wildman–Crippen MR) is 61.8 cm³/mol.